The van der Waals surface area contributed by atoms with Gasteiger partial charge in [-0.05, 0) is 79.8 Å². The topological polar surface area (TPSA) is 87.7 Å². The van der Waals surface area contributed by atoms with Gasteiger partial charge in [0.25, 0.3) is 15.9 Å². The van der Waals surface area contributed by atoms with E-state index in [1.54, 1.807) is 74.7 Å². The van der Waals surface area contributed by atoms with Crippen LogP contribution in [0.5, 0.6) is 5.75 Å². The number of ether oxygens (including phenoxy) is 1. The van der Waals surface area contributed by atoms with Gasteiger partial charge in [-0.2, -0.15) is 0 Å². The van der Waals surface area contributed by atoms with Crippen molar-refractivity contribution in [3.8, 4) is 5.75 Å². The molecule has 0 saturated carbocycles. The van der Waals surface area contributed by atoms with Crippen LogP contribution in [0.3, 0.4) is 0 Å². The van der Waals surface area contributed by atoms with Gasteiger partial charge in [0.05, 0.1) is 17.7 Å². The number of nitrogens with zero attached hydrogens (tertiary/aromatic N) is 1. The first-order valence-corrected chi connectivity index (χ1v) is 11.6. The molecule has 3 aromatic rings. The van der Waals surface area contributed by atoms with Gasteiger partial charge in [-0.3, -0.25) is 14.4 Å². The Morgan fingerprint density at radius 1 is 0.969 bits per heavy atom. The van der Waals surface area contributed by atoms with E-state index in [-0.39, 0.29) is 15.9 Å². The largest absolute Gasteiger partial charge is 0.497 e. The fraction of sp³-hybridized carbons (Fsp3) is 0.130. The Bertz CT molecular complexity index is 1180. The third-order valence-electron chi connectivity index (χ3n) is 4.61. The quantitative estimate of drug-likeness (QED) is 0.508. The molecule has 0 aliphatic carbocycles. The molecule has 0 radical (unpaired) electrons. The summed E-state index contributed by atoms with van der Waals surface area (Å²) in [6.07, 6.45) is 0. The number of carbonyl (C=O) groups excluding carboxylic acids is 1. The first-order chi connectivity index (χ1) is 15.3. The van der Waals surface area contributed by atoms with Crippen molar-refractivity contribution in [1.82, 2.24) is 5.32 Å². The molecule has 32 heavy (non-hydrogen) atoms. The van der Waals surface area contributed by atoms with E-state index in [1.807, 2.05) is 6.07 Å². The summed E-state index contributed by atoms with van der Waals surface area (Å²) in [5, 5.41) is 5.57. The van der Waals surface area contributed by atoms with Crippen molar-refractivity contribution in [2.24, 2.45) is 0 Å². The van der Waals surface area contributed by atoms with Crippen LogP contribution in [0, 0.1) is 0 Å². The zero-order chi connectivity index (χ0) is 23.1. The molecule has 0 atom stereocenters. The number of nitrogens with one attached hydrogen (secondary N) is 2. The minimum atomic E-state index is -3.72. The lowest BCUT2D eigenvalue weighted by atomic mass is 10.2. The van der Waals surface area contributed by atoms with Gasteiger partial charge < -0.3 is 10.1 Å². The molecule has 0 saturated heterocycles. The predicted octanol–water partition coefficient (Wildman–Crippen LogP) is 4.04. The van der Waals surface area contributed by atoms with Crippen molar-refractivity contribution >= 4 is 44.6 Å². The van der Waals surface area contributed by atoms with Crippen molar-refractivity contribution in [3.63, 3.8) is 0 Å². The normalized spacial score (nSPS) is 10.8. The lowest BCUT2D eigenvalue weighted by molar-refractivity contribution is 0.0977. The summed E-state index contributed by atoms with van der Waals surface area (Å²) in [5.41, 5.74) is 1.57. The average Bonchev–Trinajstić information content (AvgIpc) is 2.80. The monoisotopic (exact) mass is 469 g/mol. The highest BCUT2D eigenvalue weighted by Gasteiger charge is 2.23. The lowest BCUT2D eigenvalue weighted by Crippen LogP contribution is -2.34. The molecule has 3 rings (SSSR count). The van der Waals surface area contributed by atoms with Crippen molar-refractivity contribution in [2.75, 3.05) is 23.3 Å². The highest BCUT2D eigenvalue weighted by Crippen LogP contribution is 2.24. The number of para-hydroxylation sites is 1. The van der Waals surface area contributed by atoms with E-state index in [1.165, 1.54) is 16.4 Å². The molecular weight excluding hydrogens is 446 g/mol. The predicted molar refractivity (Wildman–Crippen MR) is 130 cm³/mol. The molecule has 0 bridgehead atoms. The first-order valence-electron chi connectivity index (χ1n) is 9.79. The van der Waals surface area contributed by atoms with Gasteiger partial charge in [0.2, 0.25) is 0 Å². The van der Waals surface area contributed by atoms with Gasteiger partial charge in [-0.15, -0.1) is 0 Å². The van der Waals surface area contributed by atoms with Crippen LogP contribution >= 0.6 is 12.2 Å². The Kier molecular flexibility index (Phi) is 7.45. The van der Waals surface area contributed by atoms with Crippen LogP contribution in [0.1, 0.15) is 17.3 Å². The van der Waals surface area contributed by atoms with Gasteiger partial charge >= 0.3 is 0 Å². The Morgan fingerprint density at radius 3 is 2.16 bits per heavy atom. The van der Waals surface area contributed by atoms with Gasteiger partial charge in [0, 0.05) is 17.8 Å². The second-order valence-corrected chi connectivity index (χ2v) is 8.94. The van der Waals surface area contributed by atoms with E-state index in [0.29, 0.717) is 29.2 Å². The maximum atomic E-state index is 13.1. The summed E-state index contributed by atoms with van der Waals surface area (Å²) < 4.78 is 32.5. The van der Waals surface area contributed by atoms with Crippen LogP contribution < -0.4 is 19.7 Å². The van der Waals surface area contributed by atoms with Crippen molar-refractivity contribution in [3.05, 3.63) is 84.4 Å². The van der Waals surface area contributed by atoms with Crippen LogP contribution in [0.25, 0.3) is 0 Å². The summed E-state index contributed by atoms with van der Waals surface area (Å²) >= 11 is 5.20. The number of sulfonamides is 1. The van der Waals surface area contributed by atoms with E-state index in [9.17, 15) is 13.2 Å². The molecule has 9 heteroatoms. The summed E-state index contributed by atoms with van der Waals surface area (Å²) in [7, 11) is -2.17. The molecule has 0 aliphatic rings. The Hall–Kier alpha value is -3.43. The van der Waals surface area contributed by atoms with Gasteiger partial charge in [0.1, 0.15) is 5.75 Å². The second-order valence-electron chi connectivity index (χ2n) is 6.67. The third kappa shape index (κ3) is 5.43. The number of methoxy groups -OCH3 is 1. The third-order valence-corrected chi connectivity index (χ3v) is 6.73. The molecule has 0 fully saturated rings. The molecule has 0 spiro atoms. The van der Waals surface area contributed by atoms with Crippen LogP contribution in [0.4, 0.5) is 11.4 Å². The van der Waals surface area contributed by atoms with Gasteiger partial charge in [-0.1, -0.05) is 18.2 Å². The van der Waals surface area contributed by atoms with Crippen LogP contribution in [-0.2, 0) is 10.0 Å². The molecule has 2 N–H and O–H groups in total. The van der Waals surface area contributed by atoms with Crippen molar-refractivity contribution in [1.29, 1.82) is 0 Å². The summed E-state index contributed by atoms with van der Waals surface area (Å²) in [5.74, 6) is 0.275. The number of amides is 1. The average molecular weight is 470 g/mol. The number of anilines is 2. The SMILES string of the molecule is CCN(c1ccccc1)S(=O)(=O)c1ccc(NC(=S)NC(=O)c2ccc(OC)cc2)cc1. The summed E-state index contributed by atoms with van der Waals surface area (Å²) in [4.78, 5) is 12.5. The zero-order valence-electron chi connectivity index (χ0n) is 17.6. The van der Waals surface area contributed by atoms with Crippen molar-refractivity contribution in [2.45, 2.75) is 11.8 Å². The Morgan fingerprint density at radius 2 is 1.59 bits per heavy atom. The molecular formula is C23H23N3O4S2. The Balaban J connectivity index is 1.67. The van der Waals surface area contributed by atoms with Crippen LogP contribution in [0.15, 0.2) is 83.8 Å². The Labute approximate surface area is 193 Å². The van der Waals surface area contributed by atoms with Crippen LogP contribution in [0.2, 0.25) is 0 Å². The molecule has 0 unspecified atom stereocenters. The van der Waals surface area contributed by atoms with E-state index < -0.39 is 10.0 Å². The van der Waals surface area contributed by atoms with E-state index >= 15 is 0 Å². The van der Waals surface area contributed by atoms with E-state index in [4.69, 9.17) is 17.0 Å². The maximum Gasteiger partial charge on any atom is 0.264 e. The fourth-order valence-corrected chi connectivity index (χ4v) is 4.69. The number of thiocarbonyl (C=S) groups is 1. The summed E-state index contributed by atoms with van der Waals surface area (Å²) in [6, 6.07) is 21.7. The van der Waals surface area contributed by atoms with E-state index in [2.05, 4.69) is 10.6 Å². The minimum Gasteiger partial charge on any atom is -0.497 e. The van der Waals surface area contributed by atoms with Crippen LogP contribution in [-0.4, -0.2) is 33.1 Å². The summed E-state index contributed by atoms with van der Waals surface area (Å²) in [6.45, 7) is 2.08. The first kappa shape index (κ1) is 23.2. The minimum absolute atomic E-state index is 0.0981. The number of carbonyl (C=O) groups is 1. The van der Waals surface area contributed by atoms with Crippen molar-refractivity contribution < 1.29 is 17.9 Å². The standard InChI is InChI=1S/C23H23N3O4S2/c1-3-26(19-7-5-4-6-8-19)32(28,29)21-15-11-18(12-16-21)24-23(31)25-22(27)17-9-13-20(30-2)14-10-17/h4-16H,3H2,1-2H3,(H2,24,25,27,31). The molecule has 3 aromatic carbocycles. The molecule has 0 aliphatic heterocycles. The highest BCUT2D eigenvalue weighted by molar-refractivity contribution is 7.92. The molecule has 0 aromatic heterocycles. The molecule has 0 heterocycles. The number of hydrogen-bond donors (Lipinski definition) is 2. The lowest BCUT2D eigenvalue weighted by Gasteiger charge is -2.23. The fourth-order valence-electron chi connectivity index (χ4n) is 3.00. The number of rotatable bonds is 7. The number of benzene rings is 3. The highest BCUT2D eigenvalue weighted by atomic mass is 32.2. The van der Waals surface area contributed by atoms with E-state index in [0.717, 1.165) is 0 Å². The van der Waals surface area contributed by atoms with Gasteiger partial charge in [-0.25, -0.2) is 8.42 Å². The van der Waals surface area contributed by atoms with Gasteiger partial charge in [0.15, 0.2) is 5.11 Å². The molecule has 7 nitrogen and oxygen atoms in total. The zero-order valence-corrected chi connectivity index (χ0v) is 19.2. The molecule has 1 amide bonds. The maximum absolute atomic E-state index is 13.1. The second kappa shape index (κ2) is 10.3. The smallest absolute Gasteiger partial charge is 0.264 e. The number of hydrogen-bond acceptors (Lipinski definition) is 5. The molecule has 166 valence electrons.